The van der Waals surface area contributed by atoms with Crippen LogP contribution < -0.4 is 11.6 Å². The molecule has 5 heteroatoms. The van der Waals surface area contributed by atoms with Crippen LogP contribution in [-0.2, 0) is 13.0 Å². The molecule has 2 aromatic rings. The molecule has 0 amide bonds. The van der Waals surface area contributed by atoms with E-state index in [1.54, 1.807) is 12.1 Å². The number of hydrogen-bond donors (Lipinski definition) is 3. The first kappa shape index (κ1) is 17.1. The van der Waals surface area contributed by atoms with E-state index in [-0.39, 0.29) is 12.6 Å². The molecule has 0 radical (unpaired) electrons. The third-order valence-corrected chi connectivity index (χ3v) is 3.70. The average Bonchev–Trinajstić information content (AvgIpc) is 2.56. The maximum Gasteiger partial charge on any atom is 0.0991 e. The van der Waals surface area contributed by atoms with Crippen LogP contribution in [0.25, 0.3) is 0 Å². The molecule has 0 heterocycles. The van der Waals surface area contributed by atoms with E-state index in [0.717, 1.165) is 11.1 Å². The minimum atomic E-state index is -0.710. The van der Waals surface area contributed by atoms with Crippen molar-refractivity contribution in [2.24, 2.45) is 11.6 Å². The first-order chi connectivity index (χ1) is 11.1. The Morgan fingerprint density at radius 3 is 2.30 bits per heavy atom. The zero-order chi connectivity index (χ0) is 16.7. The highest BCUT2D eigenvalue weighted by molar-refractivity contribution is 5.31. The quantitative estimate of drug-likeness (QED) is 0.526. The number of hydrogen-bond acceptors (Lipinski definition) is 5. The number of rotatable bonds is 7. The molecule has 2 rings (SSSR count). The van der Waals surface area contributed by atoms with Gasteiger partial charge >= 0.3 is 0 Å². The van der Waals surface area contributed by atoms with Crippen LogP contribution in [0.3, 0.4) is 0 Å². The van der Waals surface area contributed by atoms with Gasteiger partial charge in [0.2, 0.25) is 0 Å². The van der Waals surface area contributed by atoms with Crippen LogP contribution in [0.1, 0.15) is 16.7 Å². The number of aliphatic hydroxyl groups excluding tert-OH is 1. The lowest BCUT2D eigenvalue weighted by molar-refractivity contribution is 0.0877. The molecule has 2 aromatic carbocycles. The lowest BCUT2D eigenvalue weighted by Crippen LogP contribution is -2.46. The lowest BCUT2D eigenvalue weighted by Gasteiger charge is -2.24. The van der Waals surface area contributed by atoms with Crippen LogP contribution in [0, 0.1) is 11.3 Å². The molecule has 0 bridgehead atoms. The van der Waals surface area contributed by atoms with Crippen molar-refractivity contribution in [2.75, 3.05) is 6.54 Å². The molecule has 0 saturated carbocycles. The van der Waals surface area contributed by atoms with Crippen LogP contribution >= 0.6 is 0 Å². The summed E-state index contributed by atoms with van der Waals surface area (Å²) in [7, 11) is 0. The minimum Gasteiger partial charge on any atom is -0.390 e. The summed E-state index contributed by atoms with van der Waals surface area (Å²) in [5.41, 5.74) is 8.75. The van der Waals surface area contributed by atoms with E-state index in [9.17, 15) is 5.11 Å². The Hall–Kier alpha value is -2.23. The van der Waals surface area contributed by atoms with Crippen molar-refractivity contribution in [1.29, 1.82) is 5.26 Å². The Balaban J connectivity index is 1.83. The molecular weight excluding hydrogens is 288 g/mol. The highest BCUT2D eigenvalue weighted by Crippen LogP contribution is 2.08. The fraction of sp³-hybridized carbons (Fsp3) is 0.278. The van der Waals surface area contributed by atoms with Gasteiger partial charge in [-0.3, -0.25) is 5.84 Å². The number of nitrogens with two attached hydrogens (primary N) is 2. The van der Waals surface area contributed by atoms with Gasteiger partial charge < -0.3 is 10.8 Å². The lowest BCUT2D eigenvalue weighted by atomic mass is 10.0. The van der Waals surface area contributed by atoms with Crippen LogP contribution in [-0.4, -0.2) is 28.8 Å². The Morgan fingerprint density at radius 2 is 1.70 bits per heavy atom. The zero-order valence-electron chi connectivity index (χ0n) is 13.0. The molecule has 23 heavy (non-hydrogen) atoms. The van der Waals surface area contributed by atoms with Gasteiger partial charge in [0.25, 0.3) is 0 Å². The number of hydrazine groups is 1. The molecule has 0 aliphatic carbocycles. The van der Waals surface area contributed by atoms with Gasteiger partial charge in [0.15, 0.2) is 0 Å². The second-order valence-electron chi connectivity index (χ2n) is 5.66. The maximum absolute atomic E-state index is 10.2. The van der Waals surface area contributed by atoms with Crippen LogP contribution in [0.4, 0.5) is 0 Å². The van der Waals surface area contributed by atoms with Crippen molar-refractivity contribution in [1.82, 2.24) is 5.01 Å². The van der Waals surface area contributed by atoms with Gasteiger partial charge in [-0.05, 0) is 29.7 Å². The molecule has 0 aliphatic heterocycles. The Morgan fingerprint density at radius 1 is 1.04 bits per heavy atom. The number of benzene rings is 2. The van der Waals surface area contributed by atoms with Crippen LogP contribution in [0.15, 0.2) is 54.6 Å². The largest absolute Gasteiger partial charge is 0.390 e. The second kappa shape index (κ2) is 8.42. The highest BCUT2D eigenvalue weighted by Gasteiger charge is 2.17. The SMILES string of the molecule is N#Cc1ccc(CN(N)C[C@H](O)[C@@H](N)Cc2ccccc2)cc1. The molecule has 5 nitrogen and oxygen atoms in total. The van der Waals surface area contributed by atoms with Crippen molar-refractivity contribution in [3.05, 3.63) is 71.3 Å². The predicted molar refractivity (Wildman–Crippen MR) is 89.9 cm³/mol. The molecule has 0 fully saturated rings. The number of nitrogens with zero attached hydrogens (tertiary/aromatic N) is 2. The van der Waals surface area contributed by atoms with Gasteiger partial charge in [-0.15, -0.1) is 0 Å². The summed E-state index contributed by atoms with van der Waals surface area (Å²) in [4.78, 5) is 0. The Bertz CT molecular complexity index is 636. The molecule has 5 N–H and O–H groups in total. The third-order valence-electron chi connectivity index (χ3n) is 3.70. The maximum atomic E-state index is 10.2. The Kier molecular flexibility index (Phi) is 6.27. The minimum absolute atomic E-state index is 0.286. The first-order valence-electron chi connectivity index (χ1n) is 7.54. The van der Waals surface area contributed by atoms with E-state index in [1.165, 1.54) is 5.01 Å². The molecule has 0 spiro atoms. The normalized spacial score (nSPS) is 13.5. The van der Waals surface area contributed by atoms with Crippen molar-refractivity contribution >= 4 is 0 Å². The van der Waals surface area contributed by atoms with Gasteiger partial charge in [-0.2, -0.15) is 5.26 Å². The fourth-order valence-electron chi connectivity index (χ4n) is 2.38. The van der Waals surface area contributed by atoms with Crippen LogP contribution in [0.2, 0.25) is 0 Å². The average molecular weight is 310 g/mol. The van der Waals surface area contributed by atoms with E-state index in [0.29, 0.717) is 18.5 Å². The summed E-state index contributed by atoms with van der Waals surface area (Å²) in [5, 5.41) is 20.5. The highest BCUT2D eigenvalue weighted by atomic mass is 16.3. The molecular formula is C18H22N4O. The van der Waals surface area contributed by atoms with Crippen molar-refractivity contribution in [2.45, 2.75) is 25.1 Å². The van der Waals surface area contributed by atoms with Crippen LogP contribution in [0.5, 0.6) is 0 Å². The molecule has 0 aliphatic rings. The standard InChI is InChI=1S/C18H22N4O/c19-11-15-6-8-16(9-7-15)12-22(21)13-18(23)17(20)10-14-4-2-1-3-5-14/h1-9,17-18,23H,10,12-13,20-21H2/t17-,18-/m0/s1. The molecule has 0 unspecified atom stereocenters. The van der Waals surface area contributed by atoms with Gasteiger partial charge in [0.05, 0.1) is 17.7 Å². The predicted octanol–water partition coefficient (Wildman–Crippen LogP) is 1.16. The Labute approximate surface area is 136 Å². The van der Waals surface area contributed by atoms with E-state index in [4.69, 9.17) is 16.8 Å². The fourth-order valence-corrected chi connectivity index (χ4v) is 2.38. The molecule has 120 valence electrons. The summed E-state index contributed by atoms with van der Waals surface area (Å²) in [5.74, 6) is 5.96. The zero-order valence-corrected chi connectivity index (χ0v) is 13.0. The number of nitriles is 1. The second-order valence-corrected chi connectivity index (χ2v) is 5.66. The van der Waals surface area contributed by atoms with Gasteiger partial charge in [0, 0.05) is 19.1 Å². The summed E-state index contributed by atoms with van der Waals surface area (Å²) >= 11 is 0. The van der Waals surface area contributed by atoms with Gasteiger partial charge in [0.1, 0.15) is 0 Å². The molecule has 0 saturated heterocycles. The summed E-state index contributed by atoms with van der Waals surface area (Å²) in [6, 6.07) is 18.8. The summed E-state index contributed by atoms with van der Waals surface area (Å²) in [6.45, 7) is 0.773. The van der Waals surface area contributed by atoms with E-state index in [2.05, 4.69) is 6.07 Å². The van der Waals surface area contributed by atoms with Gasteiger partial charge in [-0.25, -0.2) is 5.01 Å². The van der Waals surface area contributed by atoms with E-state index in [1.807, 2.05) is 42.5 Å². The van der Waals surface area contributed by atoms with E-state index < -0.39 is 6.10 Å². The van der Waals surface area contributed by atoms with Crippen molar-refractivity contribution < 1.29 is 5.11 Å². The van der Waals surface area contributed by atoms with Gasteiger partial charge in [-0.1, -0.05) is 42.5 Å². The molecule has 2 atom stereocenters. The monoisotopic (exact) mass is 310 g/mol. The third kappa shape index (κ3) is 5.47. The number of aliphatic hydroxyl groups is 1. The topological polar surface area (TPSA) is 99.3 Å². The molecule has 0 aromatic heterocycles. The van der Waals surface area contributed by atoms with Crippen molar-refractivity contribution in [3.63, 3.8) is 0 Å². The summed E-state index contributed by atoms with van der Waals surface area (Å²) < 4.78 is 0. The smallest absolute Gasteiger partial charge is 0.0991 e. The van der Waals surface area contributed by atoms with E-state index >= 15 is 0 Å². The first-order valence-corrected chi connectivity index (χ1v) is 7.54. The summed E-state index contributed by atoms with van der Waals surface area (Å²) in [6.07, 6.45) is -0.106. The van der Waals surface area contributed by atoms with Crippen molar-refractivity contribution in [3.8, 4) is 6.07 Å².